The number of furan rings is 1. The van der Waals surface area contributed by atoms with Gasteiger partial charge in [-0.1, -0.05) is 188 Å². The molecule has 68 heavy (non-hydrogen) atoms. The largest absolute Gasteiger partial charge is 0.455 e. The molecule has 1 aliphatic carbocycles. The van der Waals surface area contributed by atoms with Gasteiger partial charge in [-0.3, -0.25) is 0 Å². The molecule has 0 saturated carbocycles. The molecule has 0 radical (unpaired) electrons. The summed E-state index contributed by atoms with van der Waals surface area (Å²) in [5.74, 6) is 0. The Morgan fingerprint density at radius 1 is 0.353 bits per heavy atom. The van der Waals surface area contributed by atoms with Crippen LogP contribution >= 0.6 is 0 Å². The van der Waals surface area contributed by atoms with E-state index in [4.69, 9.17) is 4.42 Å². The molecule has 0 atom stereocenters. The van der Waals surface area contributed by atoms with Crippen molar-refractivity contribution < 1.29 is 4.42 Å². The second-order valence-electron chi connectivity index (χ2n) is 18.3. The predicted molar refractivity (Wildman–Crippen MR) is 287 cm³/mol. The van der Waals surface area contributed by atoms with Crippen molar-refractivity contribution in [2.24, 2.45) is 0 Å². The van der Waals surface area contributed by atoms with E-state index < -0.39 is 0 Å². The van der Waals surface area contributed by atoms with Crippen LogP contribution in [0.3, 0.4) is 0 Å². The third-order valence-electron chi connectivity index (χ3n) is 14.5. The molecule has 0 unspecified atom stereocenters. The summed E-state index contributed by atoms with van der Waals surface area (Å²) >= 11 is 0. The monoisotopic (exact) mass is 865 g/mol. The van der Waals surface area contributed by atoms with Gasteiger partial charge in [0.15, 0.2) is 0 Å². The smallest absolute Gasteiger partial charge is 0.143 e. The van der Waals surface area contributed by atoms with Crippen molar-refractivity contribution in [1.29, 1.82) is 0 Å². The van der Waals surface area contributed by atoms with Crippen molar-refractivity contribution in [2.45, 2.75) is 12.8 Å². The highest BCUT2D eigenvalue weighted by Crippen LogP contribution is 2.46. The minimum absolute atomic E-state index is 0.919. The molecular formula is C66H43NO. The maximum absolute atomic E-state index is 6.51. The van der Waals surface area contributed by atoms with Crippen LogP contribution in [-0.4, -0.2) is 4.57 Å². The molecule has 2 nitrogen and oxygen atoms in total. The fraction of sp³-hybridized carbons (Fsp3) is 0.0303. The first kappa shape index (κ1) is 38.5. The molecule has 0 N–H and O–H groups in total. The topological polar surface area (TPSA) is 18.1 Å². The maximum Gasteiger partial charge on any atom is 0.143 e. The predicted octanol–water partition coefficient (Wildman–Crippen LogP) is 18.1. The van der Waals surface area contributed by atoms with Gasteiger partial charge in [0.1, 0.15) is 11.2 Å². The summed E-state index contributed by atoms with van der Waals surface area (Å²) in [7, 11) is 0. The van der Waals surface area contributed by atoms with E-state index in [2.05, 4.69) is 235 Å². The first-order chi connectivity index (χ1) is 33.7. The SMILES string of the molecule is C1=C(c2cccc(-c3cccc4c3oc3ccccc34)c2)CCc2c1c1cc(-c3ccc4ccccc4c3)ccc1n2-c1ccc(-c2c3ccccc3c(-c3ccccc3)c3ccccc23)cc1. The standard InChI is InChI=1S/C66H43NO/c1-2-15-43(16-3-1)64-54-21-6-8-23-56(54)65(57-24-9-7-22-55(57)64)44-30-34-51(35-31-44)67-61-36-32-48(40-59(61)60-41-49(33-37-62(60)67)47-29-28-42-14-4-5-17-45(42)38-47)46-18-12-19-50(39-46)52-25-13-26-58-53-20-10-11-27-63(53)68-66(52)58/h1-31,33-35,37-41H,32,36H2. The van der Waals surface area contributed by atoms with Crippen LogP contribution in [-0.2, 0) is 6.42 Å². The van der Waals surface area contributed by atoms with Crippen LogP contribution in [0.15, 0.2) is 235 Å². The summed E-state index contributed by atoms with van der Waals surface area (Å²) in [6.07, 6.45) is 4.33. The zero-order chi connectivity index (χ0) is 44.7. The highest BCUT2D eigenvalue weighted by atomic mass is 16.3. The van der Waals surface area contributed by atoms with Crippen molar-refractivity contribution in [3.8, 4) is 50.2 Å². The van der Waals surface area contributed by atoms with Crippen molar-refractivity contribution in [2.75, 3.05) is 0 Å². The number of hydrogen-bond acceptors (Lipinski definition) is 1. The van der Waals surface area contributed by atoms with E-state index >= 15 is 0 Å². The quantitative estimate of drug-likeness (QED) is 0.152. The van der Waals surface area contributed by atoms with E-state index in [1.54, 1.807) is 0 Å². The number of rotatable bonds is 6. The molecule has 13 aromatic rings. The normalized spacial score (nSPS) is 12.7. The van der Waals surface area contributed by atoms with Gasteiger partial charge in [-0.15, -0.1) is 0 Å². The Hall–Kier alpha value is -8.72. The zero-order valence-electron chi connectivity index (χ0n) is 37.3. The minimum Gasteiger partial charge on any atom is -0.455 e. The number of benzene rings is 11. The van der Waals surface area contributed by atoms with Gasteiger partial charge < -0.3 is 8.98 Å². The number of hydrogen-bond donors (Lipinski definition) is 0. The molecule has 0 amide bonds. The average molecular weight is 866 g/mol. The lowest BCUT2D eigenvalue weighted by Gasteiger charge is -2.19. The van der Waals surface area contributed by atoms with Gasteiger partial charge in [0.2, 0.25) is 0 Å². The Morgan fingerprint density at radius 2 is 0.926 bits per heavy atom. The van der Waals surface area contributed by atoms with Crippen LogP contribution in [0.4, 0.5) is 0 Å². The number of fused-ring (bicyclic) bond motifs is 9. The van der Waals surface area contributed by atoms with Crippen molar-refractivity contribution in [3.05, 3.63) is 247 Å². The van der Waals surface area contributed by atoms with Crippen LogP contribution in [0.5, 0.6) is 0 Å². The molecule has 0 spiro atoms. The van der Waals surface area contributed by atoms with E-state index in [9.17, 15) is 0 Å². The van der Waals surface area contributed by atoms with E-state index in [0.717, 1.165) is 45.9 Å². The lowest BCUT2D eigenvalue weighted by atomic mass is 9.86. The number of para-hydroxylation sites is 2. The molecule has 0 saturated heterocycles. The van der Waals surface area contributed by atoms with Crippen molar-refractivity contribution in [3.63, 3.8) is 0 Å². The minimum atomic E-state index is 0.919. The third kappa shape index (κ3) is 6.11. The third-order valence-corrected chi connectivity index (χ3v) is 14.5. The Balaban J connectivity index is 0.919. The van der Waals surface area contributed by atoms with E-state index in [1.165, 1.54) is 105 Å². The van der Waals surface area contributed by atoms with E-state index in [-0.39, 0.29) is 0 Å². The number of allylic oxidation sites excluding steroid dienone is 1. The second-order valence-corrected chi connectivity index (χ2v) is 18.3. The second kappa shape index (κ2) is 15.4. The summed E-state index contributed by atoms with van der Waals surface area (Å²) < 4.78 is 9.04. The zero-order valence-corrected chi connectivity index (χ0v) is 37.3. The fourth-order valence-corrected chi connectivity index (χ4v) is 11.3. The molecule has 0 fully saturated rings. The first-order valence-electron chi connectivity index (χ1n) is 23.7. The van der Waals surface area contributed by atoms with Crippen molar-refractivity contribution >= 4 is 76.8 Å². The lowest BCUT2D eigenvalue weighted by molar-refractivity contribution is 0.670. The molecule has 318 valence electrons. The van der Waals surface area contributed by atoms with Gasteiger partial charge in [-0.25, -0.2) is 0 Å². The molecule has 2 heteroatoms. The molecular weight excluding hydrogens is 823 g/mol. The van der Waals surface area contributed by atoms with Gasteiger partial charge in [0.25, 0.3) is 0 Å². The van der Waals surface area contributed by atoms with Crippen LogP contribution < -0.4 is 0 Å². The van der Waals surface area contributed by atoms with E-state index in [1.807, 2.05) is 6.07 Å². The molecule has 11 aromatic carbocycles. The summed E-state index contributed by atoms with van der Waals surface area (Å²) in [6.45, 7) is 0. The average Bonchev–Trinajstić information content (AvgIpc) is 3.96. The van der Waals surface area contributed by atoms with Gasteiger partial charge in [0, 0.05) is 38.7 Å². The van der Waals surface area contributed by atoms with Gasteiger partial charge in [-0.05, 0) is 144 Å². The van der Waals surface area contributed by atoms with Crippen LogP contribution in [0.2, 0.25) is 0 Å². The molecule has 2 heterocycles. The fourth-order valence-electron chi connectivity index (χ4n) is 11.3. The Morgan fingerprint density at radius 3 is 1.69 bits per heavy atom. The Bertz CT molecular complexity index is 4130. The van der Waals surface area contributed by atoms with Gasteiger partial charge in [0.05, 0.1) is 5.52 Å². The molecule has 14 rings (SSSR count). The van der Waals surface area contributed by atoms with Gasteiger partial charge in [-0.2, -0.15) is 0 Å². The highest BCUT2D eigenvalue weighted by molar-refractivity contribution is 6.21. The summed E-state index contributed by atoms with van der Waals surface area (Å²) in [5.41, 5.74) is 19.2. The van der Waals surface area contributed by atoms with Crippen LogP contribution in [0, 0.1) is 0 Å². The summed E-state index contributed by atoms with van der Waals surface area (Å²) in [6, 6.07) is 84.5. The van der Waals surface area contributed by atoms with Crippen molar-refractivity contribution in [1.82, 2.24) is 4.57 Å². The molecule has 0 bridgehead atoms. The highest BCUT2D eigenvalue weighted by Gasteiger charge is 2.24. The number of nitrogens with zero attached hydrogens (tertiary/aromatic N) is 1. The number of aromatic nitrogens is 1. The van der Waals surface area contributed by atoms with Crippen LogP contribution in [0.1, 0.15) is 23.2 Å². The van der Waals surface area contributed by atoms with Gasteiger partial charge >= 0.3 is 0 Å². The first-order valence-corrected chi connectivity index (χ1v) is 23.7. The Kier molecular flexibility index (Phi) is 8.75. The maximum atomic E-state index is 6.51. The molecule has 0 aliphatic heterocycles. The molecule has 2 aromatic heterocycles. The van der Waals surface area contributed by atoms with Crippen LogP contribution in [0.25, 0.3) is 127 Å². The molecule has 1 aliphatic rings. The van der Waals surface area contributed by atoms with E-state index in [0.29, 0.717) is 0 Å². The summed E-state index contributed by atoms with van der Waals surface area (Å²) in [5, 5.41) is 11.1. The lowest BCUT2D eigenvalue weighted by Crippen LogP contribution is -2.05. The Labute approximate surface area is 394 Å². The summed E-state index contributed by atoms with van der Waals surface area (Å²) in [4.78, 5) is 0.